The molecule has 11 aliphatic carbocycles. The van der Waals surface area contributed by atoms with Gasteiger partial charge >= 0.3 is 11.9 Å². The average molecular weight is 1090 g/mol. The number of piperidine rings is 2. The van der Waals surface area contributed by atoms with Crippen LogP contribution in [0.15, 0.2) is 64.3 Å². The van der Waals surface area contributed by atoms with Crippen molar-refractivity contribution in [1.29, 1.82) is 0 Å². The van der Waals surface area contributed by atoms with Gasteiger partial charge in [-0.2, -0.15) is 0 Å². The summed E-state index contributed by atoms with van der Waals surface area (Å²) in [4.78, 5) is 38.8. The quantitative estimate of drug-likeness (QED) is 0.175. The molecule has 10 fully saturated rings. The van der Waals surface area contributed by atoms with Gasteiger partial charge in [0.15, 0.2) is 11.4 Å². The summed E-state index contributed by atoms with van der Waals surface area (Å²) in [5.41, 5.74) is 12.9. The molecule has 3 N–H and O–H groups in total. The minimum Gasteiger partial charge on any atom is -0.509 e. The molecule has 0 amide bonds. The molecule has 11 bridgehead atoms. The number of fused-ring (bicyclic) bond motifs is 7. The Morgan fingerprint density at radius 3 is 2.56 bits per heavy atom. The van der Waals surface area contributed by atoms with E-state index >= 15 is 9.59 Å². The zero-order valence-corrected chi connectivity index (χ0v) is 48.8. The number of esters is 2. The summed E-state index contributed by atoms with van der Waals surface area (Å²) in [6.07, 6.45) is 38.8. The standard InChI is InChI=1S/C73H91N3O5/c1-41-32-47-33-46-22-23-50-53-39-76-63(46)54(50)40-75-56(53)19-8-16-49-17-9-27-69(49)28-11-29-70(69)38-48(37-68(70)25-5-6-26-68)57(75)36-58(77)65-71-30-24-51-61(64(47)76)52(41)34-45-21-20-44(42-12-3-2-4-13-42)35-59(72(71,62(45)51)67(79)80-65)73(71)55-18-7-14-43(15-10-31-74)60(55)66(78)81-73/h7,14,18,20-21,41-42,44-46,48-50,52-54,56-57,59,61,63,77H,2-6,9-13,15,17,19,22-40,74H2,1H3. The Kier molecular flexibility index (Phi) is 10.3. The molecule has 7 heterocycles. The third-order valence-electron chi connectivity index (χ3n) is 30.3. The summed E-state index contributed by atoms with van der Waals surface area (Å²) < 4.78 is 15.0. The lowest BCUT2D eigenvalue weighted by atomic mass is 9.27. The number of carbonyl (C=O) groups is 2. The normalized spacial score (nSPS) is 49.5. The number of aliphatic hydroxyl groups is 1. The van der Waals surface area contributed by atoms with E-state index < -0.39 is 16.4 Å². The highest BCUT2D eigenvalue weighted by Gasteiger charge is 2.94. The number of carbonyl (C=O) groups excluding carboxylic acids is 2. The van der Waals surface area contributed by atoms with Crippen LogP contribution in [0.2, 0.25) is 0 Å². The molecule has 1 aromatic rings. The lowest BCUT2D eigenvalue weighted by molar-refractivity contribution is -0.282. The van der Waals surface area contributed by atoms with E-state index in [9.17, 15) is 5.11 Å². The molecule has 8 heteroatoms. The molecule has 81 heavy (non-hydrogen) atoms. The largest absolute Gasteiger partial charge is 0.509 e. The van der Waals surface area contributed by atoms with Crippen molar-refractivity contribution < 1.29 is 24.2 Å². The van der Waals surface area contributed by atoms with E-state index in [0.717, 1.165) is 56.3 Å². The molecule has 3 saturated heterocycles. The smallest absolute Gasteiger partial charge is 0.339 e. The molecular formula is C73H91N3O5. The fraction of sp³-hybridized carbons (Fsp3) is 0.753. The summed E-state index contributed by atoms with van der Waals surface area (Å²) in [6, 6.07) is 7.50. The summed E-state index contributed by atoms with van der Waals surface area (Å²) in [5.74, 6) is 14.3. The van der Waals surface area contributed by atoms with Crippen molar-refractivity contribution in [2.24, 2.45) is 110 Å². The van der Waals surface area contributed by atoms with Crippen LogP contribution in [-0.2, 0) is 26.3 Å². The van der Waals surface area contributed by atoms with E-state index in [4.69, 9.17) is 15.2 Å². The molecule has 0 radical (unpaired) electrons. The van der Waals surface area contributed by atoms with Crippen molar-refractivity contribution in [3.63, 3.8) is 0 Å². The number of rotatable bonds is 4. The minimum atomic E-state index is -1.16. The minimum absolute atomic E-state index is 0.0917. The zero-order chi connectivity index (χ0) is 53.7. The summed E-state index contributed by atoms with van der Waals surface area (Å²) in [6.45, 7) is 5.40. The molecule has 7 saturated carbocycles. The predicted molar refractivity (Wildman–Crippen MR) is 310 cm³/mol. The zero-order valence-electron chi connectivity index (χ0n) is 48.8. The van der Waals surface area contributed by atoms with E-state index in [2.05, 4.69) is 58.9 Å². The fourth-order valence-electron chi connectivity index (χ4n) is 28.3. The van der Waals surface area contributed by atoms with Gasteiger partial charge in [0.05, 0.1) is 11.0 Å². The lowest BCUT2D eigenvalue weighted by Gasteiger charge is -2.73. The number of aryl methyl sites for hydroxylation is 1. The number of benzene rings is 1. The van der Waals surface area contributed by atoms with Crippen LogP contribution in [0.1, 0.15) is 208 Å². The number of allylic oxidation sites excluding steroid dienone is 4. The van der Waals surface area contributed by atoms with Crippen molar-refractivity contribution >= 4 is 11.9 Å². The van der Waals surface area contributed by atoms with Crippen LogP contribution in [0.4, 0.5) is 0 Å². The molecule has 7 aliphatic heterocycles. The summed E-state index contributed by atoms with van der Waals surface area (Å²) in [7, 11) is 0. The Labute approximate surface area is 482 Å². The number of nitrogens with two attached hydrogens (primary N) is 1. The van der Waals surface area contributed by atoms with E-state index in [1.165, 1.54) is 140 Å². The first kappa shape index (κ1) is 49.5. The summed E-state index contributed by atoms with van der Waals surface area (Å²) >= 11 is 0. The van der Waals surface area contributed by atoms with Crippen molar-refractivity contribution in [3.05, 3.63) is 81.0 Å². The van der Waals surface area contributed by atoms with Crippen LogP contribution in [0.5, 0.6) is 0 Å². The van der Waals surface area contributed by atoms with Gasteiger partial charge in [-0.3, -0.25) is 9.69 Å². The van der Waals surface area contributed by atoms with Gasteiger partial charge in [0.25, 0.3) is 0 Å². The molecule has 20 unspecified atom stereocenters. The maximum Gasteiger partial charge on any atom is 0.339 e. The van der Waals surface area contributed by atoms with E-state index in [0.29, 0.717) is 119 Å². The van der Waals surface area contributed by atoms with Gasteiger partial charge in [-0.1, -0.05) is 93.7 Å². The Morgan fingerprint density at radius 2 is 1.68 bits per heavy atom. The second kappa shape index (κ2) is 16.8. The first-order valence-electron chi connectivity index (χ1n) is 34.5. The molecule has 428 valence electrons. The number of nitrogens with zero attached hydrogens (tertiary/aromatic N) is 2. The van der Waals surface area contributed by atoms with Crippen molar-refractivity contribution in [1.82, 2.24) is 9.80 Å². The highest BCUT2D eigenvalue weighted by atomic mass is 16.6. The van der Waals surface area contributed by atoms with Gasteiger partial charge in [0, 0.05) is 73.1 Å². The van der Waals surface area contributed by atoms with Crippen LogP contribution in [0, 0.1) is 116 Å². The molecular weight excluding hydrogens is 999 g/mol. The molecule has 8 nitrogen and oxygen atoms in total. The summed E-state index contributed by atoms with van der Waals surface area (Å²) in [5, 5.41) is 14.4. The van der Waals surface area contributed by atoms with Crippen molar-refractivity contribution in [2.45, 2.75) is 217 Å². The number of hydrogen-bond acceptors (Lipinski definition) is 8. The third kappa shape index (κ3) is 5.62. The predicted octanol–water partition coefficient (Wildman–Crippen LogP) is 13.8. The molecule has 6 spiro atoms. The Hall–Kier alpha value is -3.80. The second-order valence-corrected chi connectivity index (χ2v) is 32.0. The Balaban J connectivity index is 0.892. The van der Waals surface area contributed by atoms with E-state index in [-0.39, 0.29) is 47.1 Å². The molecule has 0 aromatic heterocycles. The fourth-order valence-corrected chi connectivity index (χ4v) is 28.3. The number of hydrogen-bond donors (Lipinski definition) is 2. The monoisotopic (exact) mass is 1090 g/mol. The Morgan fingerprint density at radius 1 is 0.802 bits per heavy atom. The van der Waals surface area contributed by atoms with Crippen LogP contribution in [-0.4, -0.2) is 64.6 Å². The average Bonchev–Trinajstić information content (AvgIpc) is 1.67. The highest BCUT2D eigenvalue weighted by Crippen LogP contribution is 2.89. The maximum atomic E-state index is 16.9. The molecule has 20 atom stereocenters. The van der Waals surface area contributed by atoms with Gasteiger partial charge in [0.1, 0.15) is 11.2 Å². The first-order valence-corrected chi connectivity index (χ1v) is 34.5. The second-order valence-electron chi connectivity index (χ2n) is 32.0. The number of aliphatic hydroxyl groups excluding tert-OH is 1. The van der Waals surface area contributed by atoms with E-state index in [1.54, 1.807) is 16.8 Å². The highest BCUT2D eigenvalue weighted by molar-refractivity contribution is 6.00. The molecule has 1 aromatic carbocycles. The van der Waals surface area contributed by atoms with Gasteiger partial charge in [-0.15, -0.1) is 5.92 Å². The van der Waals surface area contributed by atoms with E-state index in [1.807, 2.05) is 0 Å². The molecule has 19 rings (SSSR count). The number of ether oxygens (including phenoxy) is 2. The van der Waals surface area contributed by atoms with Crippen molar-refractivity contribution in [3.8, 4) is 11.8 Å². The topological polar surface area (TPSA) is 105 Å². The van der Waals surface area contributed by atoms with Gasteiger partial charge in [-0.05, 0) is 227 Å². The van der Waals surface area contributed by atoms with Crippen molar-refractivity contribution in [2.75, 3.05) is 19.6 Å². The SMILES string of the molecule is CC1CC2=C3C4C5=C6C(C=CC(C7CCCCC7)CC7C68C(=O)OC(=C(O)CC6C9CC%10(CCCC%10)C%10(CCCC%10%11CCCC%11C#CCC%10C%11CN3C3C(CCC%11C3CN6%10)C2)C9)C8(CC5)C72OC(=O)c3c(CCCN)cccc32)CC14. The first-order chi connectivity index (χ1) is 39.6. The van der Waals surface area contributed by atoms with Gasteiger partial charge < -0.3 is 25.2 Å². The van der Waals surface area contributed by atoms with Crippen LogP contribution < -0.4 is 5.73 Å². The van der Waals surface area contributed by atoms with Crippen LogP contribution >= 0.6 is 0 Å². The van der Waals surface area contributed by atoms with Gasteiger partial charge in [0.2, 0.25) is 0 Å². The molecule has 18 aliphatic rings. The lowest BCUT2D eigenvalue weighted by Crippen LogP contribution is -2.78. The third-order valence-corrected chi connectivity index (χ3v) is 30.3. The Bertz CT molecular complexity index is 3160. The maximum absolute atomic E-state index is 16.9. The van der Waals surface area contributed by atoms with Gasteiger partial charge in [-0.25, -0.2) is 4.79 Å². The van der Waals surface area contributed by atoms with Crippen LogP contribution in [0.3, 0.4) is 0 Å². The van der Waals surface area contributed by atoms with Crippen LogP contribution in [0.25, 0.3) is 0 Å².